The predicted octanol–water partition coefficient (Wildman–Crippen LogP) is 0.360. The van der Waals surface area contributed by atoms with Gasteiger partial charge >= 0.3 is 6.09 Å². The van der Waals surface area contributed by atoms with Crippen molar-refractivity contribution < 1.29 is 23.1 Å². The average Bonchev–Trinajstić information content (AvgIpc) is 2.92. The molecule has 0 unspecified atom stereocenters. The molecule has 0 bridgehead atoms. The Balaban J connectivity index is 2.02. The first kappa shape index (κ1) is 12.2. The van der Waals surface area contributed by atoms with Crippen molar-refractivity contribution in [1.82, 2.24) is 4.98 Å². The van der Waals surface area contributed by atoms with Gasteiger partial charge in [0.15, 0.2) is 17.5 Å². The highest BCUT2D eigenvalue weighted by molar-refractivity contribution is 5.96. The largest absolute Gasteiger partial charge is 0.434 e. The molecule has 0 saturated carbocycles. The summed E-state index contributed by atoms with van der Waals surface area (Å²) in [6.07, 6.45) is -1.86. The minimum atomic E-state index is -1.07. The molecule has 0 spiro atoms. The van der Waals surface area contributed by atoms with Crippen molar-refractivity contribution in [3.05, 3.63) is 17.9 Å². The van der Waals surface area contributed by atoms with Crippen molar-refractivity contribution in [2.24, 2.45) is 5.73 Å². The normalized spacial score (nSPS) is 18.6. The summed E-state index contributed by atoms with van der Waals surface area (Å²) in [4.78, 5) is 27.4. The van der Waals surface area contributed by atoms with Crippen LogP contribution in [0, 0.1) is 5.82 Å². The Morgan fingerprint density at radius 2 is 2.25 bits per heavy atom. The summed E-state index contributed by atoms with van der Waals surface area (Å²) in [5.74, 6) is -1.47. The monoisotopic (exact) mass is 280 g/mol. The third-order valence-electron chi connectivity index (χ3n) is 2.89. The number of cyclic esters (lactones) is 1. The van der Waals surface area contributed by atoms with Crippen LogP contribution in [-0.2, 0) is 9.53 Å². The molecule has 4 N–H and O–H groups in total. The number of fused-ring (bicyclic) bond motifs is 1. The van der Waals surface area contributed by atoms with E-state index in [4.69, 9.17) is 20.6 Å². The third-order valence-corrected chi connectivity index (χ3v) is 2.89. The number of nitrogens with zero attached hydrogens (tertiary/aromatic N) is 2. The van der Waals surface area contributed by atoms with Gasteiger partial charge in [-0.1, -0.05) is 0 Å². The van der Waals surface area contributed by atoms with Crippen molar-refractivity contribution in [3.63, 3.8) is 0 Å². The summed E-state index contributed by atoms with van der Waals surface area (Å²) < 4.78 is 23.6. The number of amides is 2. The van der Waals surface area contributed by atoms with Gasteiger partial charge in [-0.3, -0.25) is 9.69 Å². The third kappa shape index (κ3) is 1.79. The van der Waals surface area contributed by atoms with E-state index in [0.717, 1.165) is 11.0 Å². The fourth-order valence-electron chi connectivity index (χ4n) is 1.97. The Labute approximate surface area is 111 Å². The second-order valence-electron chi connectivity index (χ2n) is 4.21. The molecule has 2 heterocycles. The fourth-order valence-corrected chi connectivity index (χ4v) is 1.97. The number of hydrogen-bond acceptors (Lipinski definition) is 6. The number of halogens is 1. The molecule has 1 atom stereocenters. The van der Waals surface area contributed by atoms with Crippen LogP contribution in [0.4, 0.5) is 20.9 Å². The Morgan fingerprint density at radius 1 is 1.50 bits per heavy atom. The minimum Gasteiger partial charge on any atom is -0.434 e. The van der Waals surface area contributed by atoms with E-state index in [-0.39, 0.29) is 29.3 Å². The van der Waals surface area contributed by atoms with E-state index >= 15 is 0 Å². The summed E-state index contributed by atoms with van der Waals surface area (Å²) in [5.41, 5.74) is 10.6. The van der Waals surface area contributed by atoms with Gasteiger partial charge in [-0.2, -0.15) is 4.98 Å². The summed E-state index contributed by atoms with van der Waals surface area (Å²) >= 11 is 0. The first-order chi connectivity index (χ1) is 9.45. The van der Waals surface area contributed by atoms with Crippen molar-refractivity contribution in [3.8, 4) is 0 Å². The second-order valence-corrected chi connectivity index (χ2v) is 4.21. The molecule has 2 aromatic rings. The van der Waals surface area contributed by atoms with Crippen LogP contribution in [-0.4, -0.2) is 29.6 Å². The number of hydrogen-bond donors (Lipinski definition) is 2. The van der Waals surface area contributed by atoms with Crippen LogP contribution in [0.1, 0.15) is 0 Å². The van der Waals surface area contributed by atoms with E-state index in [9.17, 15) is 14.0 Å². The highest BCUT2D eigenvalue weighted by Crippen LogP contribution is 2.29. The standard InChI is InChI=1S/C11H9FN4O4/c12-5-1-4(2-6-8(5)15-10(14)19-6)16-3-7(9(13)17)20-11(16)18/h1-2,7H,3H2,(H2,13,17)(H2,14,15)/t7-/m1/s1. The molecule has 9 heteroatoms. The lowest BCUT2D eigenvalue weighted by Gasteiger charge is -2.12. The van der Waals surface area contributed by atoms with Crippen LogP contribution in [0.25, 0.3) is 11.1 Å². The number of oxazole rings is 1. The first-order valence-corrected chi connectivity index (χ1v) is 5.58. The SMILES string of the molecule is NC(=O)[C@H]1CN(c2cc(F)c3nc(N)oc3c2)C(=O)O1. The number of anilines is 2. The van der Waals surface area contributed by atoms with Gasteiger partial charge in [0, 0.05) is 12.1 Å². The summed E-state index contributed by atoms with van der Waals surface area (Å²) in [5, 5.41) is 0. The molecule has 2 amide bonds. The van der Waals surface area contributed by atoms with E-state index in [1.165, 1.54) is 6.07 Å². The van der Waals surface area contributed by atoms with Crippen molar-refractivity contribution in [1.29, 1.82) is 0 Å². The van der Waals surface area contributed by atoms with Crippen LogP contribution in [0.15, 0.2) is 16.5 Å². The number of benzene rings is 1. The Bertz CT molecular complexity index is 729. The van der Waals surface area contributed by atoms with Gasteiger partial charge in [0.05, 0.1) is 12.2 Å². The first-order valence-electron chi connectivity index (χ1n) is 5.58. The zero-order valence-electron chi connectivity index (χ0n) is 10.00. The maximum Gasteiger partial charge on any atom is 0.415 e. The maximum atomic E-state index is 13.8. The average molecular weight is 280 g/mol. The van der Waals surface area contributed by atoms with E-state index in [2.05, 4.69) is 4.98 Å². The van der Waals surface area contributed by atoms with Crippen LogP contribution in [0.5, 0.6) is 0 Å². The Morgan fingerprint density at radius 3 is 2.90 bits per heavy atom. The quantitative estimate of drug-likeness (QED) is 0.818. The molecule has 8 nitrogen and oxygen atoms in total. The van der Waals surface area contributed by atoms with Gasteiger partial charge in [-0.25, -0.2) is 9.18 Å². The highest BCUT2D eigenvalue weighted by atomic mass is 19.1. The van der Waals surface area contributed by atoms with Gasteiger partial charge in [0.25, 0.3) is 11.9 Å². The molecule has 0 radical (unpaired) electrons. The molecule has 1 aromatic carbocycles. The molecular weight excluding hydrogens is 271 g/mol. The highest BCUT2D eigenvalue weighted by Gasteiger charge is 2.36. The van der Waals surface area contributed by atoms with Crippen LogP contribution in [0.2, 0.25) is 0 Å². The number of nitrogen functional groups attached to an aromatic ring is 1. The lowest BCUT2D eigenvalue weighted by atomic mass is 10.2. The van der Waals surface area contributed by atoms with Gasteiger partial charge in [-0.15, -0.1) is 0 Å². The van der Waals surface area contributed by atoms with Crippen molar-refractivity contribution >= 4 is 34.8 Å². The second kappa shape index (κ2) is 4.08. The predicted molar refractivity (Wildman–Crippen MR) is 65.2 cm³/mol. The number of aromatic nitrogens is 1. The van der Waals surface area contributed by atoms with Gasteiger partial charge in [0.1, 0.15) is 5.52 Å². The van der Waals surface area contributed by atoms with Crippen molar-refractivity contribution in [2.45, 2.75) is 6.10 Å². The Kier molecular flexibility index (Phi) is 2.49. The number of rotatable bonds is 2. The number of ether oxygens (including phenoxy) is 1. The molecule has 0 aliphatic carbocycles. The van der Waals surface area contributed by atoms with Crippen LogP contribution >= 0.6 is 0 Å². The molecule has 20 heavy (non-hydrogen) atoms. The minimum absolute atomic E-state index is 0.0368. The summed E-state index contributed by atoms with van der Waals surface area (Å²) in [6, 6.07) is 2.27. The molecule has 1 aliphatic heterocycles. The molecule has 104 valence electrons. The van der Waals surface area contributed by atoms with E-state index in [1.807, 2.05) is 0 Å². The molecule has 3 rings (SSSR count). The van der Waals surface area contributed by atoms with Gasteiger partial charge < -0.3 is 20.6 Å². The van der Waals surface area contributed by atoms with Gasteiger partial charge in [-0.05, 0) is 0 Å². The van der Waals surface area contributed by atoms with E-state index in [1.54, 1.807) is 0 Å². The summed E-state index contributed by atoms with van der Waals surface area (Å²) in [6.45, 7) is -0.0945. The molecule has 1 aromatic heterocycles. The zero-order valence-corrected chi connectivity index (χ0v) is 10.00. The van der Waals surface area contributed by atoms with E-state index in [0.29, 0.717) is 0 Å². The van der Waals surface area contributed by atoms with Crippen LogP contribution in [0.3, 0.4) is 0 Å². The molecule has 1 fully saturated rings. The molecular formula is C11H9FN4O4. The topological polar surface area (TPSA) is 125 Å². The zero-order chi connectivity index (χ0) is 14.4. The fraction of sp³-hybridized carbons (Fsp3) is 0.182. The summed E-state index contributed by atoms with van der Waals surface area (Å²) in [7, 11) is 0. The number of carbonyl (C=O) groups excluding carboxylic acids is 2. The smallest absolute Gasteiger partial charge is 0.415 e. The molecule has 1 saturated heterocycles. The maximum absolute atomic E-state index is 13.8. The lowest BCUT2D eigenvalue weighted by Crippen LogP contribution is -2.32. The van der Waals surface area contributed by atoms with Crippen LogP contribution < -0.4 is 16.4 Å². The number of primary amides is 1. The number of carbonyl (C=O) groups is 2. The Hall–Kier alpha value is -2.84. The van der Waals surface area contributed by atoms with E-state index < -0.39 is 23.9 Å². The molecule has 1 aliphatic rings. The van der Waals surface area contributed by atoms with Crippen molar-refractivity contribution in [2.75, 3.05) is 17.2 Å². The van der Waals surface area contributed by atoms with Gasteiger partial charge in [0.2, 0.25) is 0 Å². The number of nitrogens with two attached hydrogens (primary N) is 2. The lowest BCUT2D eigenvalue weighted by molar-refractivity contribution is -0.124.